The van der Waals surface area contributed by atoms with E-state index in [1.165, 1.54) is 6.04 Å². The van der Waals surface area contributed by atoms with Crippen LogP contribution in [0.1, 0.15) is 34.1 Å². The number of nitrogens with zero attached hydrogens (tertiary/aromatic N) is 2. The maximum Gasteiger partial charge on any atom is 0.143 e. The van der Waals surface area contributed by atoms with E-state index in [2.05, 4.69) is 86.2 Å². The second-order valence-electron chi connectivity index (χ2n) is 9.74. The van der Waals surface area contributed by atoms with Gasteiger partial charge in [-0.15, -0.1) is 11.8 Å². The van der Waals surface area contributed by atoms with Gasteiger partial charge in [-0.2, -0.15) is 0 Å². The number of halogens is 1. The van der Waals surface area contributed by atoms with Crippen LogP contribution >= 0.6 is 27.7 Å². The second kappa shape index (κ2) is 10.8. The predicted molar refractivity (Wildman–Crippen MR) is 132 cm³/mol. The van der Waals surface area contributed by atoms with Gasteiger partial charge in [-0.05, 0) is 59.8 Å². The molecule has 0 spiro atoms. The van der Waals surface area contributed by atoms with Gasteiger partial charge in [-0.25, -0.2) is 4.98 Å². The van der Waals surface area contributed by atoms with Crippen molar-refractivity contribution in [3.63, 3.8) is 0 Å². The molecule has 2 rings (SSSR count). The van der Waals surface area contributed by atoms with Crippen molar-refractivity contribution in [2.75, 3.05) is 19.0 Å². The van der Waals surface area contributed by atoms with E-state index in [0.29, 0.717) is 6.73 Å². The third-order valence-corrected chi connectivity index (χ3v) is 8.86. The summed E-state index contributed by atoms with van der Waals surface area (Å²) in [6.07, 6.45) is 3.38. The first-order valence-electron chi connectivity index (χ1n) is 10.5. The SMILES string of the molecule is CCOC(C)CC(C)(C)CSc1nc2c(ccn2COCC[Si](C)(C)C)cc1Br. The maximum absolute atomic E-state index is 5.94. The molecule has 0 aliphatic heterocycles. The van der Waals surface area contributed by atoms with Crippen LogP contribution in [-0.4, -0.2) is 42.7 Å². The molecule has 0 amide bonds. The van der Waals surface area contributed by atoms with Gasteiger partial charge < -0.3 is 14.0 Å². The average molecular weight is 502 g/mol. The third-order valence-electron chi connectivity index (χ3n) is 4.78. The first-order valence-corrected chi connectivity index (χ1v) is 16.0. The number of pyridine rings is 1. The van der Waals surface area contributed by atoms with Crippen LogP contribution in [0.3, 0.4) is 0 Å². The Hall–Kier alpha value is -0.343. The summed E-state index contributed by atoms with van der Waals surface area (Å²) in [6, 6.07) is 5.46. The summed E-state index contributed by atoms with van der Waals surface area (Å²) in [5.41, 5.74) is 1.17. The molecule has 0 aliphatic carbocycles. The van der Waals surface area contributed by atoms with Gasteiger partial charge in [0.1, 0.15) is 17.4 Å². The zero-order valence-electron chi connectivity index (χ0n) is 19.0. The molecule has 0 saturated heterocycles. The fourth-order valence-corrected chi connectivity index (χ4v) is 5.69. The molecule has 1 unspecified atom stereocenters. The molecule has 7 heteroatoms. The Kier molecular flexibility index (Phi) is 9.28. The van der Waals surface area contributed by atoms with Gasteiger partial charge in [0, 0.05) is 38.6 Å². The topological polar surface area (TPSA) is 36.3 Å². The van der Waals surface area contributed by atoms with Crippen LogP contribution < -0.4 is 0 Å². The van der Waals surface area contributed by atoms with E-state index in [4.69, 9.17) is 14.5 Å². The first kappa shape index (κ1) is 24.9. The highest BCUT2D eigenvalue weighted by Gasteiger charge is 2.23. The Morgan fingerprint density at radius 2 is 2.03 bits per heavy atom. The Labute approximate surface area is 190 Å². The molecular formula is C22H37BrN2O2SSi. The van der Waals surface area contributed by atoms with Crippen molar-refractivity contribution in [3.05, 3.63) is 22.8 Å². The number of thioether (sulfide) groups is 1. The van der Waals surface area contributed by atoms with Crippen molar-refractivity contribution >= 4 is 46.8 Å². The monoisotopic (exact) mass is 500 g/mol. The van der Waals surface area contributed by atoms with E-state index >= 15 is 0 Å². The van der Waals surface area contributed by atoms with Gasteiger partial charge in [0.05, 0.1) is 10.6 Å². The van der Waals surface area contributed by atoms with E-state index < -0.39 is 8.07 Å². The standard InChI is InChI=1S/C22H37BrN2O2SSi/c1-8-27-17(2)14-22(3,4)15-28-21-19(23)13-18-9-10-25(20(18)24-21)16-26-11-12-29(5,6)7/h9-10,13,17H,8,11-12,14-16H2,1-7H3. The van der Waals surface area contributed by atoms with Gasteiger partial charge in [0.2, 0.25) is 0 Å². The number of ether oxygens (including phenoxy) is 2. The molecule has 0 N–H and O–H groups in total. The van der Waals surface area contributed by atoms with Crippen molar-refractivity contribution < 1.29 is 9.47 Å². The lowest BCUT2D eigenvalue weighted by Crippen LogP contribution is -2.23. The minimum absolute atomic E-state index is 0.178. The lowest BCUT2D eigenvalue weighted by Gasteiger charge is -2.27. The van der Waals surface area contributed by atoms with Gasteiger partial charge in [-0.1, -0.05) is 33.5 Å². The maximum atomic E-state index is 5.94. The summed E-state index contributed by atoms with van der Waals surface area (Å²) >= 11 is 5.52. The zero-order valence-corrected chi connectivity index (χ0v) is 22.5. The summed E-state index contributed by atoms with van der Waals surface area (Å²) in [7, 11) is -1.06. The van der Waals surface area contributed by atoms with Crippen LogP contribution in [-0.2, 0) is 16.2 Å². The van der Waals surface area contributed by atoms with Crippen LogP contribution in [0, 0.1) is 5.41 Å². The van der Waals surface area contributed by atoms with E-state index in [0.717, 1.165) is 45.9 Å². The Bertz CT molecular complexity index is 789. The average Bonchev–Trinajstić information content (AvgIpc) is 2.97. The van der Waals surface area contributed by atoms with Gasteiger partial charge in [-0.3, -0.25) is 0 Å². The van der Waals surface area contributed by atoms with Crippen molar-refractivity contribution in [3.8, 4) is 0 Å². The molecule has 0 saturated carbocycles. The molecule has 29 heavy (non-hydrogen) atoms. The van der Waals surface area contributed by atoms with E-state index in [9.17, 15) is 0 Å². The van der Waals surface area contributed by atoms with Crippen molar-refractivity contribution in [2.45, 2.75) is 77.7 Å². The molecule has 0 aromatic carbocycles. The predicted octanol–water partition coefficient (Wildman–Crippen LogP) is 7.04. The molecule has 0 bridgehead atoms. The minimum Gasteiger partial charge on any atom is -0.379 e. The molecule has 2 aromatic rings. The summed E-state index contributed by atoms with van der Waals surface area (Å²) in [5, 5.41) is 2.18. The molecule has 0 aliphatic rings. The highest BCUT2D eigenvalue weighted by atomic mass is 79.9. The Morgan fingerprint density at radius 1 is 1.31 bits per heavy atom. The van der Waals surface area contributed by atoms with Crippen LogP contribution in [0.15, 0.2) is 27.8 Å². The lowest BCUT2D eigenvalue weighted by atomic mass is 9.89. The summed E-state index contributed by atoms with van der Waals surface area (Å²) in [4.78, 5) is 4.96. The third kappa shape index (κ3) is 8.36. The zero-order chi connectivity index (χ0) is 21.7. The Balaban J connectivity index is 2.03. The summed E-state index contributed by atoms with van der Waals surface area (Å²) in [6.45, 7) is 18.1. The summed E-state index contributed by atoms with van der Waals surface area (Å²) in [5.74, 6) is 0.995. The number of rotatable bonds is 12. The quantitative estimate of drug-likeness (QED) is 0.177. The van der Waals surface area contributed by atoms with Crippen LogP contribution in [0.2, 0.25) is 25.7 Å². The fraction of sp³-hybridized carbons (Fsp3) is 0.682. The number of hydrogen-bond acceptors (Lipinski definition) is 4. The molecule has 164 valence electrons. The highest BCUT2D eigenvalue weighted by molar-refractivity contribution is 9.10. The molecule has 0 radical (unpaired) electrons. The van der Waals surface area contributed by atoms with Gasteiger partial charge in [0.25, 0.3) is 0 Å². The lowest BCUT2D eigenvalue weighted by molar-refractivity contribution is 0.0476. The molecule has 4 nitrogen and oxygen atoms in total. The van der Waals surface area contributed by atoms with E-state index in [-0.39, 0.29) is 11.5 Å². The van der Waals surface area contributed by atoms with Crippen molar-refractivity contribution in [2.24, 2.45) is 5.41 Å². The molecule has 0 fully saturated rings. The molecule has 2 heterocycles. The van der Waals surface area contributed by atoms with Crippen molar-refractivity contribution in [1.82, 2.24) is 9.55 Å². The second-order valence-corrected chi connectivity index (χ2v) is 17.2. The Morgan fingerprint density at radius 3 is 2.69 bits per heavy atom. The van der Waals surface area contributed by atoms with Gasteiger partial charge >= 0.3 is 0 Å². The van der Waals surface area contributed by atoms with Crippen LogP contribution in [0.5, 0.6) is 0 Å². The first-order chi connectivity index (χ1) is 13.5. The normalized spacial score (nSPS) is 13.9. The van der Waals surface area contributed by atoms with Crippen molar-refractivity contribution in [1.29, 1.82) is 0 Å². The minimum atomic E-state index is -1.06. The molecule has 1 atom stereocenters. The summed E-state index contributed by atoms with van der Waals surface area (Å²) < 4.78 is 14.8. The van der Waals surface area contributed by atoms with Crippen LogP contribution in [0.4, 0.5) is 0 Å². The number of hydrogen-bond donors (Lipinski definition) is 0. The largest absolute Gasteiger partial charge is 0.379 e. The van der Waals surface area contributed by atoms with E-state index in [1.807, 2.05) is 11.8 Å². The molecular weight excluding hydrogens is 464 g/mol. The fourth-order valence-electron chi connectivity index (χ4n) is 3.26. The van der Waals surface area contributed by atoms with Gasteiger partial charge in [0.15, 0.2) is 0 Å². The smallest absolute Gasteiger partial charge is 0.143 e. The highest BCUT2D eigenvalue weighted by Crippen LogP contribution is 2.35. The van der Waals surface area contributed by atoms with E-state index in [1.54, 1.807) is 0 Å². The molecule has 2 aromatic heterocycles. The number of fused-ring (bicyclic) bond motifs is 1. The van der Waals surface area contributed by atoms with Crippen LogP contribution in [0.25, 0.3) is 11.0 Å². The number of aromatic nitrogens is 2.